The van der Waals surface area contributed by atoms with Crippen molar-refractivity contribution < 1.29 is 30.5 Å². The molecule has 0 radical (unpaired) electrons. The maximum Gasteiger partial charge on any atom is 0.135 e. The molecule has 0 unspecified atom stereocenters. The Bertz CT molecular complexity index is 2820. The third kappa shape index (κ3) is 5.40. The van der Waals surface area contributed by atoms with Gasteiger partial charge in [0, 0.05) is 72.5 Å². The summed E-state index contributed by atoms with van der Waals surface area (Å²) in [5.74, 6) is 3.42. The van der Waals surface area contributed by atoms with Gasteiger partial charge in [0.1, 0.15) is 11.6 Å². The zero-order chi connectivity index (χ0) is 35.6. The molecule has 0 bridgehead atoms. The molecule has 0 amide bonds. The van der Waals surface area contributed by atoms with Gasteiger partial charge >= 0.3 is 0 Å². The summed E-state index contributed by atoms with van der Waals surface area (Å²) < 4.78 is 15.2. The van der Waals surface area contributed by atoms with Crippen molar-refractivity contribution in [2.75, 3.05) is 9.80 Å². The first kappa shape index (κ1) is 33.0. The van der Waals surface area contributed by atoms with Crippen LogP contribution in [-0.4, -0.2) is 9.55 Å². The van der Waals surface area contributed by atoms with Gasteiger partial charge < -0.3 is 23.8 Å². The monoisotopic (exact) mass is 888 g/mol. The molecule has 2 aliphatic rings. The van der Waals surface area contributed by atoms with Crippen molar-refractivity contribution in [3.8, 4) is 51.1 Å². The van der Waals surface area contributed by atoms with E-state index in [0.29, 0.717) is 17.2 Å². The summed E-state index contributed by atoms with van der Waals surface area (Å²) in [4.78, 5) is 9.11. The molecule has 0 fully saturated rings. The van der Waals surface area contributed by atoms with E-state index in [1.165, 1.54) is 0 Å². The molecule has 6 nitrogen and oxygen atoms in total. The van der Waals surface area contributed by atoms with Crippen LogP contribution in [0.15, 0.2) is 170 Å². The first-order chi connectivity index (χ1) is 26.8. The number of para-hydroxylation sites is 3. The zero-order valence-electron chi connectivity index (χ0n) is 29.2. The summed E-state index contributed by atoms with van der Waals surface area (Å²) in [7, 11) is 0. The molecule has 0 atom stereocenters. The summed E-state index contributed by atoms with van der Waals surface area (Å²) in [5, 5.41) is 2.21. The second-order valence-electron chi connectivity index (χ2n) is 13.3. The Morgan fingerprint density at radius 1 is 0.545 bits per heavy atom. The Morgan fingerprint density at radius 3 is 2.00 bits per heavy atom. The van der Waals surface area contributed by atoms with Crippen molar-refractivity contribution in [2.45, 2.75) is 0 Å². The molecule has 2 aliphatic heterocycles. The van der Waals surface area contributed by atoms with E-state index >= 15 is 0 Å². The minimum Gasteiger partial charge on any atom is -0.513 e. The number of anilines is 4. The second kappa shape index (κ2) is 13.3. The van der Waals surface area contributed by atoms with Gasteiger partial charge in [-0.1, -0.05) is 120 Å². The van der Waals surface area contributed by atoms with Crippen molar-refractivity contribution in [3.05, 3.63) is 189 Å². The molecule has 7 aromatic carbocycles. The van der Waals surface area contributed by atoms with Crippen LogP contribution in [0.25, 0.3) is 49.9 Å². The average Bonchev–Trinajstić information content (AvgIpc) is 3.79. The summed E-state index contributed by atoms with van der Waals surface area (Å²) >= 11 is 0. The van der Waals surface area contributed by atoms with Gasteiger partial charge in [0.15, 0.2) is 0 Å². The SMILES string of the molecule is [Pt].[c-]1c(Oc2[c-]c3c(cc2)c2ccccc2n3-c2ccccn2)ccc2c1N1[CH-]N(c3c(-c4ccccc4)cccc3-c3ccccc3)c3cccc(c31)O2. The first-order valence-electron chi connectivity index (χ1n) is 17.9. The van der Waals surface area contributed by atoms with Gasteiger partial charge in [-0.3, -0.25) is 0 Å². The number of ether oxygens (including phenoxy) is 2. The molecule has 2 aromatic heterocycles. The molecule has 55 heavy (non-hydrogen) atoms. The van der Waals surface area contributed by atoms with E-state index in [2.05, 4.69) is 147 Å². The van der Waals surface area contributed by atoms with E-state index in [-0.39, 0.29) is 21.1 Å². The Morgan fingerprint density at radius 2 is 1.24 bits per heavy atom. The van der Waals surface area contributed by atoms with Crippen LogP contribution in [0, 0.1) is 18.8 Å². The summed E-state index contributed by atoms with van der Waals surface area (Å²) in [6.45, 7) is 2.15. The van der Waals surface area contributed by atoms with Gasteiger partial charge in [0.05, 0.1) is 5.69 Å². The van der Waals surface area contributed by atoms with E-state index < -0.39 is 0 Å². The van der Waals surface area contributed by atoms with Gasteiger partial charge in [0.25, 0.3) is 0 Å². The first-order valence-corrected chi connectivity index (χ1v) is 17.9. The van der Waals surface area contributed by atoms with Gasteiger partial charge in [-0.2, -0.15) is 6.07 Å². The van der Waals surface area contributed by atoms with Crippen LogP contribution >= 0.6 is 0 Å². The number of nitrogens with zero attached hydrogens (tertiary/aromatic N) is 4. The van der Waals surface area contributed by atoms with Crippen molar-refractivity contribution in [1.82, 2.24) is 9.55 Å². The third-order valence-corrected chi connectivity index (χ3v) is 10.1. The quantitative estimate of drug-likeness (QED) is 0.156. The molecule has 0 saturated carbocycles. The standard InChI is InChI=1S/C48H29N4O2.Pt/c1-3-13-32(14-4-1)36-18-11-19-37(33-15-5-2-6-16-33)47(36)50-31-51-43-30-35(25-27-44(43)54-45-22-12-21-41(50)48(45)51)53-34-24-26-39-38-17-7-8-20-40(38)52(42(39)29-34)46-23-9-10-28-49-46;/h1-28,31H;/q-3;. The maximum absolute atomic E-state index is 6.55. The molecule has 7 heteroatoms. The van der Waals surface area contributed by atoms with Crippen LogP contribution in [0.3, 0.4) is 0 Å². The maximum atomic E-state index is 6.55. The Kier molecular flexibility index (Phi) is 8.00. The number of aromatic nitrogens is 2. The van der Waals surface area contributed by atoms with Gasteiger partial charge in [-0.15, -0.1) is 42.4 Å². The molecule has 266 valence electrons. The van der Waals surface area contributed by atoms with Crippen LogP contribution in [0.5, 0.6) is 23.0 Å². The van der Waals surface area contributed by atoms with E-state index in [9.17, 15) is 0 Å². The molecular weight excluding hydrogens is 860 g/mol. The predicted molar refractivity (Wildman–Crippen MR) is 215 cm³/mol. The van der Waals surface area contributed by atoms with E-state index in [1.54, 1.807) is 0 Å². The predicted octanol–water partition coefficient (Wildman–Crippen LogP) is 12.4. The number of pyridine rings is 1. The number of hydrogen-bond acceptors (Lipinski definition) is 5. The number of hydrogen-bond donors (Lipinski definition) is 0. The van der Waals surface area contributed by atoms with Crippen LogP contribution in [0.2, 0.25) is 0 Å². The zero-order valence-corrected chi connectivity index (χ0v) is 31.4. The smallest absolute Gasteiger partial charge is 0.135 e. The number of fused-ring (bicyclic) bond motifs is 5. The third-order valence-electron chi connectivity index (χ3n) is 10.1. The van der Waals surface area contributed by atoms with Crippen molar-refractivity contribution in [2.24, 2.45) is 0 Å². The minimum atomic E-state index is 0. The van der Waals surface area contributed by atoms with Crippen molar-refractivity contribution in [1.29, 1.82) is 0 Å². The number of benzene rings is 7. The van der Waals surface area contributed by atoms with Crippen molar-refractivity contribution in [3.63, 3.8) is 0 Å². The topological polar surface area (TPSA) is 42.8 Å². The fourth-order valence-corrected chi connectivity index (χ4v) is 7.78. The van der Waals surface area contributed by atoms with E-state index in [0.717, 1.165) is 78.4 Å². The van der Waals surface area contributed by atoms with Gasteiger partial charge in [-0.25, -0.2) is 4.98 Å². The minimum absolute atomic E-state index is 0. The summed E-state index contributed by atoms with van der Waals surface area (Å²) in [6, 6.07) is 63.1. The van der Waals surface area contributed by atoms with E-state index in [4.69, 9.17) is 9.47 Å². The normalized spacial score (nSPS) is 12.6. The second-order valence-corrected chi connectivity index (χ2v) is 13.3. The molecule has 0 saturated heterocycles. The van der Waals surface area contributed by atoms with Gasteiger partial charge in [0.2, 0.25) is 0 Å². The molecule has 9 aromatic rings. The number of rotatable bonds is 6. The largest absolute Gasteiger partial charge is 0.513 e. The molecule has 4 heterocycles. The Hall–Kier alpha value is -6.62. The fourth-order valence-electron chi connectivity index (χ4n) is 7.78. The van der Waals surface area contributed by atoms with E-state index in [1.807, 2.05) is 60.8 Å². The van der Waals surface area contributed by atoms with Gasteiger partial charge in [-0.05, 0) is 46.8 Å². The van der Waals surface area contributed by atoms with Crippen LogP contribution in [0.1, 0.15) is 0 Å². The average molecular weight is 889 g/mol. The molecule has 0 N–H and O–H groups in total. The molecular formula is C48H29N4O2Pt-3. The van der Waals surface area contributed by atoms with Crippen LogP contribution in [-0.2, 0) is 21.1 Å². The molecule has 0 aliphatic carbocycles. The van der Waals surface area contributed by atoms with Crippen LogP contribution in [0.4, 0.5) is 22.7 Å². The Labute approximate surface area is 332 Å². The Balaban J connectivity index is 0.00000372. The fraction of sp³-hybridized carbons (Fsp3) is 0. The summed E-state index contributed by atoms with van der Waals surface area (Å²) in [6.07, 6.45) is 1.81. The summed E-state index contributed by atoms with van der Waals surface area (Å²) in [5.41, 5.74) is 10.3. The van der Waals surface area contributed by atoms with Crippen molar-refractivity contribution >= 4 is 44.6 Å². The molecule has 0 spiro atoms. The molecule has 11 rings (SSSR count). The van der Waals surface area contributed by atoms with Crippen LogP contribution < -0.4 is 19.3 Å².